The summed E-state index contributed by atoms with van der Waals surface area (Å²) in [6.07, 6.45) is -0.0638. The minimum Gasteiger partial charge on any atom is -0.481 e. The number of aliphatic carboxylic acids is 1. The zero-order valence-corrected chi connectivity index (χ0v) is 10.5. The lowest BCUT2D eigenvalue weighted by Gasteiger charge is -2.07. The van der Waals surface area contributed by atoms with Crippen LogP contribution in [0.3, 0.4) is 0 Å². The van der Waals surface area contributed by atoms with Crippen molar-refractivity contribution >= 4 is 39.7 Å². The quantitative estimate of drug-likeness (QED) is 0.891. The average molecular weight is 267 g/mol. The summed E-state index contributed by atoms with van der Waals surface area (Å²) in [6.45, 7) is 1.68. The summed E-state index contributed by atoms with van der Waals surface area (Å²) >= 11 is 7.11. The van der Waals surface area contributed by atoms with Gasteiger partial charge in [0.25, 0.3) is 0 Å². The van der Waals surface area contributed by atoms with E-state index in [2.05, 4.69) is 0 Å². The molecule has 0 bridgehead atoms. The normalized spacial score (nSPS) is 14.8. The summed E-state index contributed by atoms with van der Waals surface area (Å²) in [5.74, 6) is -0.536. The van der Waals surface area contributed by atoms with E-state index in [1.165, 1.54) is 11.3 Å². The predicted octanol–water partition coefficient (Wildman–Crippen LogP) is 2.51. The fourth-order valence-corrected chi connectivity index (χ4v) is 3.51. The molecule has 2 atom stereocenters. The van der Waals surface area contributed by atoms with E-state index >= 15 is 0 Å². The van der Waals surface area contributed by atoms with E-state index in [9.17, 15) is 9.00 Å². The van der Waals surface area contributed by atoms with Gasteiger partial charge in [-0.15, -0.1) is 11.3 Å². The molecule has 0 radical (unpaired) electrons. The predicted molar refractivity (Wildman–Crippen MR) is 62.9 cm³/mol. The van der Waals surface area contributed by atoms with Crippen molar-refractivity contribution in [2.45, 2.75) is 24.3 Å². The molecule has 84 valence electrons. The molecule has 3 nitrogen and oxygen atoms in total. The number of carboxylic acid groups (broad SMARTS) is 1. The molecule has 1 aromatic rings. The lowest BCUT2D eigenvalue weighted by molar-refractivity contribution is -0.136. The fourth-order valence-electron chi connectivity index (χ4n) is 1.05. The van der Waals surface area contributed by atoms with E-state index in [4.69, 9.17) is 16.7 Å². The maximum atomic E-state index is 11.7. The molecule has 2 unspecified atom stereocenters. The van der Waals surface area contributed by atoms with Crippen molar-refractivity contribution in [1.29, 1.82) is 0 Å². The average Bonchev–Trinajstić information content (AvgIpc) is 2.50. The summed E-state index contributed by atoms with van der Waals surface area (Å²) in [5, 5.41) is 8.22. The molecule has 6 heteroatoms. The summed E-state index contributed by atoms with van der Waals surface area (Å²) in [4.78, 5) is 11.3. The highest BCUT2D eigenvalue weighted by Gasteiger charge is 2.15. The van der Waals surface area contributed by atoms with Gasteiger partial charge >= 0.3 is 5.97 Å². The van der Waals surface area contributed by atoms with Gasteiger partial charge in [0.1, 0.15) is 0 Å². The van der Waals surface area contributed by atoms with Gasteiger partial charge in [0.2, 0.25) is 0 Å². The summed E-state index contributed by atoms with van der Waals surface area (Å²) in [7, 11) is -1.15. The second kappa shape index (κ2) is 5.63. The molecule has 0 amide bonds. The number of halogens is 1. The molecular formula is C9H11ClO3S2. The second-order valence-electron chi connectivity index (χ2n) is 3.14. The van der Waals surface area contributed by atoms with Crippen molar-refractivity contribution in [2.24, 2.45) is 0 Å². The Balaban J connectivity index is 2.52. The van der Waals surface area contributed by atoms with Gasteiger partial charge in [0.05, 0.1) is 16.5 Å². The fraction of sp³-hybridized carbons (Fsp3) is 0.444. The molecular weight excluding hydrogens is 256 g/mol. The van der Waals surface area contributed by atoms with Crippen LogP contribution >= 0.6 is 22.9 Å². The molecule has 0 fully saturated rings. The highest BCUT2D eigenvalue weighted by Crippen LogP contribution is 2.23. The third-order valence-electron chi connectivity index (χ3n) is 1.82. The maximum Gasteiger partial charge on any atom is 0.304 e. The number of hydrogen-bond donors (Lipinski definition) is 1. The number of thiophene rings is 1. The van der Waals surface area contributed by atoms with E-state index < -0.39 is 16.8 Å². The molecule has 0 saturated carbocycles. The lowest BCUT2D eigenvalue weighted by atomic mass is 10.3. The summed E-state index contributed by atoms with van der Waals surface area (Å²) < 4.78 is 12.3. The first kappa shape index (κ1) is 12.7. The van der Waals surface area contributed by atoms with Crippen LogP contribution in [0.4, 0.5) is 0 Å². The van der Waals surface area contributed by atoms with Crippen molar-refractivity contribution in [3.8, 4) is 0 Å². The van der Waals surface area contributed by atoms with Crippen LogP contribution in [0.25, 0.3) is 0 Å². The van der Waals surface area contributed by atoms with Crippen LogP contribution in [-0.2, 0) is 21.3 Å². The molecule has 1 aromatic heterocycles. The van der Waals surface area contributed by atoms with E-state index in [1.807, 2.05) is 6.07 Å². The maximum absolute atomic E-state index is 11.7. The monoisotopic (exact) mass is 266 g/mol. The Hall–Kier alpha value is -0.390. The number of rotatable bonds is 5. The van der Waals surface area contributed by atoms with Crippen molar-refractivity contribution in [3.05, 3.63) is 21.3 Å². The summed E-state index contributed by atoms with van der Waals surface area (Å²) in [6, 6.07) is 3.57. The molecule has 0 aliphatic carbocycles. The number of carboxylic acids is 1. The molecule has 0 spiro atoms. The Morgan fingerprint density at radius 3 is 2.80 bits per heavy atom. The Morgan fingerprint density at radius 2 is 2.33 bits per heavy atom. The third kappa shape index (κ3) is 4.32. The van der Waals surface area contributed by atoms with Gasteiger partial charge in [-0.05, 0) is 12.1 Å². The SMILES string of the molecule is CC(CC(=O)O)S(=O)Cc1ccc(Cl)s1. The Morgan fingerprint density at radius 1 is 1.67 bits per heavy atom. The van der Waals surface area contributed by atoms with E-state index in [0.717, 1.165) is 4.88 Å². The first-order valence-corrected chi connectivity index (χ1v) is 6.90. The standard InChI is InChI=1S/C9H11ClO3S2/c1-6(4-9(11)12)15(13)5-7-2-3-8(10)14-7/h2-3,6H,4-5H2,1H3,(H,11,12). The molecule has 0 aliphatic heterocycles. The number of hydrogen-bond acceptors (Lipinski definition) is 3. The van der Waals surface area contributed by atoms with Crippen LogP contribution in [0, 0.1) is 0 Å². The van der Waals surface area contributed by atoms with Crippen LogP contribution in [0.5, 0.6) is 0 Å². The molecule has 0 saturated heterocycles. The van der Waals surface area contributed by atoms with Gasteiger partial charge < -0.3 is 5.11 Å². The second-order valence-corrected chi connectivity index (χ2v) is 6.79. The highest BCUT2D eigenvalue weighted by molar-refractivity contribution is 7.85. The van der Waals surface area contributed by atoms with Crippen molar-refractivity contribution in [3.63, 3.8) is 0 Å². The van der Waals surface area contributed by atoms with Gasteiger partial charge in [0.15, 0.2) is 0 Å². The van der Waals surface area contributed by atoms with Crippen LogP contribution in [-0.4, -0.2) is 20.5 Å². The van der Waals surface area contributed by atoms with Gasteiger partial charge in [-0.2, -0.15) is 0 Å². The smallest absolute Gasteiger partial charge is 0.304 e. The van der Waals surface area contributed by atoms with Crippen molar-refractivity contribution in [1.82, 2.24) is 0 Å². The Bertz CT molecular complexity index is 375. The molecule has 1 heterocycles. The minimum absolute atomic E-state index is 0.0638. The minimum atomic E-state index is -1.15. The largest absolute Gasteiger partial charge is 0.481 e. The topological polar surface area (TPSA) is 54.4 Å². The first-order chi connectivity index (χ1) is 6.99. The Kier molecular flexibility index (Phi) is 4.76. The zero-order chi connectivity index (χ0) is 11.4. The van der Waals surface area contributed by atoms with Crippen LogP contribution in [0.1, 0.15) is 18.2 Å². The highest BCUT2D eigenvalue weighted by atomic mass is 35.5. The van der Waals surface area contributed by atoms with Gasteiger partial charge in [0, 0.05) is 20.9 Å². The Labute approximate surface area is 99.5 Å². The molecule has 0 aliphatic rings. The first-order valence-electron chi connectivity index (χ1n) is 4.32. The van der Waals surface area contributed by atoms with Gasteiger partial charge in [-0.25, -0.2) is 0 Å². The van der Waals surface area contributed by atoms with E-state index in [1.54, 1.807) is 13.0 Å². The molecule has 15 heavy (non-hydrogen) atoms. The molecule has 1 rings (SSSR count). The summed E-state index contributed by atoms with van der Waals surface area (Å²) in [5.41, 5.74) is 0. The third-order valence-corrected chi connectivity index (χ3v) is 4.90. The zero-order valence-electron chi connectivity index (χ0n) is 8.10. The van der Waals surface area contributed by atoms with Crippen molar-refractivity contribution < 1.29 is 14.1 Å². The van der Waals surface area contributed by atoms with E-state index in [-0.39, 0.29) is 11.7 Å². The molecule has 1 N–H and O–H groups in total. The van der Waals surface area contributed by atoms with Crippen LogP contribution in [0.2, 0.25) is 4.34 Å². The molecule has 0 aromatic carbocycles. The van der Waals surface area contributed by atoms with Gasteiger partial charge in [-0.1, -0.05) is 18.5 Å². The van der Waals surface area contributed by atoms with Crippen molar-refractivity contribution in [2.75, 3.05) is 0 Å². The van der Waals surface area contributed by atoms with Crippen LogP contribution < -0.4 is 0 Å². The lowest BCUT2D eigenvalue weighted by Crippen LogP contribution is -2.16. The van der Waals surface area contributed by atoms with Crippen LogP contribution in [0.15, 0.2) is 12.1 Å². The van der Waals surface area contributed by atoms with E-state index in [0.29, 0.717) is 10.1 Å². The number of carbonyl (C=O) groups is 1. The van der Waals surface area contributed by atoms with Gasteiger partial charge in [-0.3, -0.25) is 9.00 Å².